The quantitative estimate of drug-likeness (QED) is 0.737. The lowest BCUT2D eigenvalue weighted by atomic mass is 9.97. The van der Waals surface area contributed by atoms with Gasteiger partial charge in [0.2, 0.25) is 5.91 Å². The fourth-order valence-corrected chi connectivity index (χ4v) is 4.87. The van der Waals surface area contributed by atoms with E-state index in [2.05, 4.69) is 10.3 Å². The Balaban J connectivity index is 1.44. The Bertz CT molecular complexity index is 1050. The van der Waals surface area contributed by atoms with Gasteiger partial charge in [0.15, 0.2) is 0 Å². The first kappa shape index (κ1) is 17.9. The molecule has 0 fully saturated rings. The second-order valence-electron chi connectivity index (χ2n) is 7.09. The molecule has 27 heavy (non-hydrogen) atoms. The molecule has 1 aliphatic carbocycles. The minimum Gasteiger partial charge on any atom is -0.352 e. The van der Waals surface area contributed by atoms with Gasteiger partial charge in [-0.3, -0.25) is 14.2 Å². The first-order valence-electron chi connectivity index (χ1n) is 9.44. The van der Waals surface area contributed by atoms with Crippen LogP contribution in [-0.2, 0) is 30.7 Å². The lowest BCUT2D eigenvalue weighted by Gasteiger charge is -2.11. The molecule has 2 heterocycles. The maximum absolute atomic E-state index is 12.9. The molecule has 2 aromatic heterocycles. The molecule has 4 rings (SSSR count). The van der Waals surface area contributed by atoms with Crippen molar-refractivity contribution in [3.05, 3.63) is 62.5 Å². The molecule has 0 unspecified atom stereocenters. The highest BCUT2D eigenvalue weighted by atomic mass is 32.1. The highest BCUT2D eigenvalue weighted by Gasteiger charge is 2.20. The summed E-state index contributed by atoms with van der Waals surface area (Å²) in [5.74, 6) is -0.0578. The number of carbonyl (C=O) groups excluding carboxylic acids is 1. The van der Waals surface area contributed by atoms with Gasteiger partial charge in [0.05, 0.1) is 11.7 Å². The average Bonchev–Trinajstić information content (AvgIpc) is 3.06. The Kier molecular flexibility index (Phi) is 5.07. The number of benzene rings is 1. The average molecular weight is 382 g/mol. The molecule has 6 heteroatoms. The molecule has 0 radical (unpaired) electrons. The van der Waals surface area contributed by atoms with Crippen molar-refractivity contribution in [1.29, 1.82) is 0 Å². The molecule has 1 aliphatic rings. The topological polar surface area (TPSA) is 64.0 Å². The van der Waals surface area contributed by atoms with Crippen molar-refractivity contribution in [3.8, 4) is 0 Å². The van der Waals surface area contributed by atoms with Crippen molar-refractivity contribution < 1.29 is 4.79 Å². The number of aryl methyl sites for hydroxylation is 4. The third kappa shape index (κ3) is 3.67. The molecule has 140 valence electrons. The largest absolute Gasteiger partial charge is 0.352 e. The molecule has 0 spiro atoms. The summed E-state index contributed by atoms with van der Waals surface area (Å²) in [5, 5.41) is 3.71. The molecule has 1 aromatic carbocycles. The van der Waals surface area contributed by atoms with Crippen LogP contribution in [0.4, 0.5) is 0 Å². The number of nitrogens with one attached hydrogen (secondary N) is 1. The summed E-state index contributed by atoms with van der Waals surface area (Å²) in [4.78, 5) is 31.7. The molecule has 3 aromatic rings. The van der Waals surface area contributed by atoms with Gasteiger partial charge in [-0.25, -0.2) is 4.98 Å². The number of nitrogens with zero attached hydrogens (tertiary/aromatic N) is 2. The van der Waals surface area contributed by atoms with Crippen LogP contribution in [0.5, 0.6) is 0 Å². The second-order valence-corrected chi connectivity index (χ2v) is 8.17. The normalized spacial score (nSPS) is 13.5. The fraction of sp³-hybridized carbons (Fsp3) is 0.381. The Labute approximate surface area is 162 Å². The highest BCUT2D eigenvalue weighted by molar-refractivity contribution is 7.18. The number of thiophene rings is 1. The molecule has 0 saturated heterocycles. The van der Waals surface area contributed by atoms with Gasteiger partial charge in [-0.05, 0) is 49.3 Å². The number of aromatic nitrogens is 2. The van der Waals surface area contributed by atoms with Crippen molar-refractivity contribution in [2.75, 3.05) is 0 Å². The Morgan fingerprint density at radius 3 is 2.93 bits per heavy atom. The fourth-order valence-electron chi connectivity index (χ4n) is 3.65. The Hall–Kier alpha value is -2.47. The van der Waals surface area contributed by atoms with Crippen LogP contribution in [0.1, 0.15) is 40.8 Å². The predicted octanol–water partition coefficient (Wildman–Crippen LogP) is 3.35. The van der Waals surface area contributed by atoms with Crippen molar-refractivity contribution >= 4 is 27.5 Å². The van der Waals surface area contributed by atoms with E-state index < -0.39 is 0 Å². The third-order valence-corrected chi connectivity index (χ3v) is 6.46. The smallest absolute Gasteiger partial charge is 0.262 e. The van der Waals surface area contributed by atoms with Crippen molar-refractivity contribution in [2.45, 2.75) is 52.1 Å². The maximum Gasteiger partial charge on any atom is 0.262 e. The van der Waals surface area contributed by atoms with Crippen molar-refractivity contribution in [1.82, 2.24) is 14.9 Å². The van der Waals surface area contributed by atoms with Crippen LogP contribution < -0.4 is 10.9 Å². The van der Waals surface area contributed by atoms with Gasteiger partial charge >= 0.3 is 0 Å². The van der Waals surface area contributed by atoms with Gasteiger partial charge in [0.1, 0.15) is 4.83 Å². The summed E-state index contributed by atoms with van der Waals surface area (Å²) < 4.78 is 1.58. The van der Waals surface area contributed by atoms with Crippen LogP contribution in [0.15, 0.2) is 35.4 Å². The molecular weight excluding hydrogens is 358 g/mol. The predicted molar refractivity (Wildman–Crippen MR) is 108 cm³/mol. The maximum atomic E-state index is 12.9. The van der Waals surface area contributed by atoms with Crippen LogP contribution in [0.3, 0.4) is 0 Å². The van der Waals surface area contributed by atoms with E-state index in [4.69, 9.17) is 0 Å². The van der Waals surface area contributed by atoms with Crippen LogP contribution >= 0.6 is 11.3 Å². The number of amides is 1. The Morgan fingerprint density at radius 1 is 1.26 bits per heavy atom. The summed E-state index contributed by atoms with van der Waals surface area (Å²) >= 11 is 1.65. The van der Waals surface area contributed by atoms with E-state index in [-0.39, 0.29) is 17.9 Å². The Morgan fingerprint density at radius 2 is 2.07 bits per heavy atom. The number of hydrogen-bond acceptors (Lipinski definition) is 4. The van der Waals surface area contributed by atoms with E-state index >= 15 is 0 Å². The van der Waals surface area contributed by atoms with Gasteiger partial charge in [0, 0.05) is 24.4 Å². The summed E-state index contributed by atoms with van der Waals surface area (Å²) in [6.45, 7) is 2.89. The summed E-state index contributed by atoms with van der Waals surface area (Å²) in [7, 11) is 0. The molecule has 5 nitrogen and oxygen atoms in total. The van der Waals surface area contributed by atoms with Gasteiger partial charge in [-0.15, -0.1) is 11.3 Å². The molecular formula is C21H23N3O2S. The second kappa shape index (κ2) is 7.64. The molecule has 0 aliphatic heterocycles. The van der Waals surface area contributed by atoms with E-state index in [1.165, 1.54) is 16.9 Å². The first-order valence-corrected chi connectivity index (χ1v) is 10.3. The molecule has 0 saturated carbocycles. The van der Waals surface area contributed by atoms with Crippen molar-refractivity contribution in [2.24, 2.45) is 0 Å². The monoisotopic (exact) mass is 381 g/mol. The third-order valence-electron chi connectivity index (χ3n) is 5.26. The SMILES string of the molecule is Cc1ccccc1CNC(=O)CCn1cnc2sc3c(c2c1=O)CCCC3. The minimum atomic E-state index is -0.0578. The number of rotatable bonds is 5. The number of fused-ring (bicyclic) bond motifs is 3. The van der Waals surface area contributed by atoms with Gasteiger partial charge in [-0.1, -0.05) is 24.3 Å². The van der Waals surface area contributed by atoms with Crippen LogP contribution in [0.25, 0.3) is 10.2 Å². The van der Waals surface area contributed by atoms with E-state index in [1.807, 2.05) is 31.2 Å². The van der Waals surface area contributed by atoms with Crippen molar-refractivity contribution in [3.63, 3.8) is 0 Å². The zero-order valence-corrected chi connectivity index (χ0v) is 16.3. The zero-order valence-electron chi connectivity index (χ0n) is 15.5. The van der Waals surface area contributed by atoms with E-state index in [0.717, 1.165) is 40.6 Å². The standard InChI is InChI=1S/C21H23N3O2S/c1-14-6-2-3-7-15(14)12-22-18(25)10-11-24-13-23-20-19(21(24)26)16-8-4-5-9-17(16)27-20/h2-3,6-7,13H,4-5,8-12H2,1H3,(H,22,25). The highest BCUT2D eigenvalue weighted by Crippen LogP contribution is 2.33. The number of hydrogen-bond donors (Lipinski definition) is 1. The van der Waals surface area contributed by atoms with E-state index in [9.17, 15) is 9.59 Å². The van der Waals surface area contributed by atoms with E-state index in [0.29, 0.717) is 13.1 Å². The molecule has 0 atom stereocenters. The van der Waals surface area contributed by atoms with Gasteiger partial charge < -0.3 is 5.32 Å². The van der Waals surface area contributed by atoms with E-state index in [1.54, 1.807) is 22.2 Å². The molecule has 1 N–H and O–H groups in total. The van der Waals surface area contributed by atoms with Crippen LogP contribution in [-0.4, -0.2) is 15.5 Å². The van der Waals surface area contributed by atoms with Gasteiger partial charge in [0.25, 0.3) is 5.56 Å². The summed E-state index contributed by atoms with van der Waals surface area (Å²) in [5.41, 5.74) is 3.45. The number of carbonyl (C=O) groups is 1. The first-order chi connectivity index (χ1) is 13.1. The lowest BCUT2D eigenvalue weighted by Crippen LogP contribution is -2.27. The molecule has 1 amide bonds. The van der Waals surface area contributed by atoms with Gasteiger partial charge in [-0.2, -0.15) is 0 Å². The lowest BCUT2D eigenvalue weighted by molar-refractivity contribution is -0.121. The van der Waals surface area contributed by atoms with Crippen LogP contribution in [0, 0.1) is 6.92 Å². The summed E-state index contributed by atoms with van der Waals surface area (Å²) in [6.07, 6.45) is 6.19. The molecule has 0 bridgehead atoms. The zero-order chi connectivity index (χ0) is 18.8. The minimum absolute atomic E-state index is 0.00824. The summed E-state index contributed by atoms with van der Waals surface area (Å²) in [6, 6.07) is 8.00. The van der Waals surface area contributed by atoms with Crippen LogP contribution in [0.2, 0.25) is 0 Å².